The molecular formula is C30H30F2N8O2. The number of rotatable bonds is 5. The van der Waals surface area contributed by atoms with Gasteiger partial charge in [-0.2, -0.15) is 15.2 Å². The fourth-order valence-corrected chi connectivity index (χ4v) is 7.57. The lowest BCUT2D eigenvalue weighted by atomic mass is 9.95. The maximum Gasteiger partial charge on any atom is 0.319 e. The van der Waals surface area contributed by atoms with E-state index in [0.717, 1.165) is 45.3 Å². The molecule has 4 atom stereocenters. The number of nitriles is 1. The standard InChI is InChI=1S/C30H30F2N8O2/c31-17-9-30(6-1-7-40(30)12-17)15-41-29-37-23-8-16(20-4-5-22(32)26-24(20)21(10-33)27(34)42-26)11-35-25(23)28(38-29)39-13-18-2-3-19(14-39)36-18/h4-5,8,11,17-19,36H,1-3,6-7,9,12-15,34H2/t17-,18?,19?,30+/m1/s1. The Morgan fingerprint density at radius 1 is 1.21 bits per heavy atom. The van der Waals surface area contributed by atoms with Crippen LogP contribution in [0.1, 0.15) is 37.7 Å². The van der Waals surface area contributed by atoms with Gasteiger partial charge in [0.15, 0.2) is 17.2 Å². The van der Waals surface area contributed by atoms with Crippen LogP contribution in [0.15, 0.2) is 28.8 Å². The third-order valence-corrected chi connectivity index (χ3v) is 9.48. The molecule has 0 amide bonds. The molecule has 2 bridgehead atoms. The number of alkyl halides is 1. The number of fused-ring (bicyclic) bond motifs is 5. The number of anilines is 2. The van der Waals surface area contributed by atoms with Crippen LogP contribution in [0.2, 0.25) is 0 Å². The fourth-order valence-electron chi connectivity index (χ4n) is 7.57. The van der Waals surface area contributed by atoms with E-state index in [9.17, 15) is 14.0 Å². The van der Waals surface area contributed by atoms with Gasteiger partial charge in [0.25, 0.3) is 0 Å². The van der Waals surface area contributed by atoms with Gasteiger partial charge >= 0.3 is 6.01 Å². The minimum Gasteiger partial charge on any atom is -0.461 e. The molecule has 3 N–H and O–H groups in total. The maximum absolute atomic E-state index is 14.6. The summed E-state index contributed by atoms with van der Waals surface area (Å²) in [6.45, 7) is 3.23. The van der Waals surface area contributed by atoms with Crippen molar-refractivity contribution in [3.05, 3.63) is 35.8 Å². The summed E-state index contributed by atoms with van der Waals surface area (Å²) in [4.78, 5) is 18.9. The minimum absolute atomic E-state index is 0.0754. The molecule has 0 saturated carbocycles. The number of aromatic nitrogens is 3. The van der Waals surface area contributed by atoms with Crippen LogP contribution in [0.5, 0.6) is 6.01 Å². The van der Waals surface area contributed by atoms with Crippen LogP contribution in [-0.4, -0.2) is 76.4 Å². The predicted molar refractivity (Wildman–Crippen MR) is 152 cm³/mol. The highest BCUT2D eigenvalue weighted by Gasteiger charge is 2.49. The predicted octanol–water partition coefficient (Wildman–Crippen LogP) is 3.93. The second-order valence-corrected chi connectivity index (χ2v) is 12.1. The zero-order valence-corrected chi connectivity index (χ0v) is 22.9. The van der Waals surface area contributed by atoms with Gasteiger partial charge in [-0.3, -0.25) is 9.88 Å². The van der Waals surface area contributed by atoms with Crippen molar-refractivity contribution in [2.24, 2.45) is 0 Å². The summed E-state index contributed by atoms with van der Waals surface area (Å²) >= 11 is 0. The number of piperazine rings is 1. The van der Waals surface area contributed by atoms with E-state index >= 15 is 0 Å². The number of nitrogens with two attached hydrogens (primary N) is 1. The Morgan fingerprint density at radius 3 is 2.86 bits per heavy atom. The van der Waals surface area contributed by atoms with Gasteiger partial charge in [-0.1, -0.05) is 6.07 Å². The van der Waals surface area contributed by atoms with E-state index in [-0.39, 0.29) is 28.6 Å². The van der Waals surface area contributed by atoms with Gasteiger partial charge in [0.1, 0.15) is 29.9 Å². The summed E-state index contributed by atoms with van der Waals surface area (Å²) in [5, 5.41) is 13.7. The average molecular weight is 573 g/mol. The van der Waals surface area contributed by atoms with Crippen LogP contribution in [0.25, 0.3) is 33.1 Å². The van der Waals surface area contributed by atoms with Crippen LogP contribution in [0, 0.1) is 17.1 Å². The fraction of sp³-hybridized carbons (Fsp3) is 0.467. The molecule has 4 aliphatic rings. The van der Waals surface area contributed by atoms with Crippen molar-refractivity contribution in [1.82, 2.24) is 25.2 Å². The molecule has 4 aromatic rings. The first-order valence-electron chi connectivity index (χ1n) is 14.5. The Labute approximate surface area is 240 Å². The molecule has 0 aliphatic carbocycles. The molecule has 4 aliphatic heterocycles. The molecule has 4 fully saturated rings. The molecule has 216 valence electrons. The van der Waals surface area contributed by atoms with E-state index in [0.29, 0.717) is 65.0 Å². The number of benzene rings is 1. The molecule has 0 radical (unpaired) electrons. The number of nitrogens with one attached hydrogen (secondary N) is 1. The maximum atomic E-state index is 14.6. The Hall–Kier alpha value is -4.08. The third-order valence-electron chi connectivity index (χ3n) is 9.48. The second kappa shape index (κ2) is 9.47. The first-order valence-corrected chi connectivity index (χ1v) is 14.5. The average Bonchev–Trinajstić information content (AvgIpc) is 3.71. The van der Waals surface area contributed by atoms with Crippen molar-refractivity contribution in [3.63, 3.8) is 0 Å². The molecule has 3 aromatic heterocycles. The number of hydrogen-bond acceptors (Lipinski definition) is 10. The number of nitrogen functional groups attached to an aromatic ring is 1. The van der Waals surface area contributed by atoms with E-state index < -0.39 is 12.0 Å². The molecule has 8 rings (SSSR count). The monoisotopic (exact) mass is 572 g/mol. The van der Waals surface area contributed by atoms with Crippen LogP contribution in [0.4, 0.5) is 20.5 Å². The van der Waals surface area contributed by atoms with Crippen LogP contribution >= 0.6 is 0 Å². The number of furan rings is 1. The van der Waals surface area contributed by atoms with Crippen molar-refractivity contribution in [3.8, 4) is 23.2 Å². The molecule has 10 nitrogen and oxygen atoms in total. The first-order chi connectivity index (χ1) is 20.4. The molecule has 12 heteroatoms. The lowest BCUT2D eigenvalue weighted by molar-refractivity contribution is 0.107. The summed E-state index contributed by atoms with van der Waals surface area (Å²) in [5.41, 5.74) is 7.94. The molecule has 7 heterocycles. The molecule has 2 unspecified atom stereocenters. The van der Waals surface area contributed by atoms with E-state index in [1.807, 2.05) is 12.1 Å². The molecule has 1 aromatic carbocycles. The van der Waals surface area contributed by atoms with Crippen molar-refractivity contribution in [2.45, 2.75) is 55.9 Å². The van der Waals surface area contributed by atoms with Gasteiger partial charge in [-0.25, -0.2) is 8.78 Å². The Bertz CT molecular complexity index is 1760. The zero-order chi connectivity index (χ0) is 28.6. The summed E-state index contributed by atoms with van der Waals surface area (Å²) in [6, 6.07) is 7.75. The van der Waals surface area contributed by atoms with Gasteiger partial charge < -0.3 is 25.1 Å². The number of hydrogen-bond donors (Lipinski definition) is 2. The molecule has 0 spiro atoms. The van der Waals surface area contributed by atoms with Crippen molar-refractivity contribution >= 4 is 33.7 Å². The van der Waals surface area contributed by atoms with Gasteiger partial charge in [0.2, 0.25) is 5.88 Å². The van der Waals surface area contributed by atoms with Crippen molar-refractivity contribution in [2.75, 3.05) is 43.4 Å². The van der Waals surface area contributed by atoms with Crippen molar-refractivity contribution in [1.29, 1.82) is 5.26 Å². The van der Waals surface area contributed by atoms with E-state index in [2.05, 4.69) is 15.1 Å². The quantitative estimate of drug-likeness (QED) is 0.363. The lowest BCUT2D eigenvalue weighted by Crippen LogP contribution is -2.51. The van der Waals surface area contributed by atoms with Gasteiger partial charge in [-0.15, -0.1) is 0 Å². The number of pyridine rings is 1. The Morgan fingerprint density at radius 2 is 2.05 bits per heavy atom. The van der Waals surface area contributed by atoms with Crippen LogP contribution in [-0.2, 0) is 0 Å². The molecular weight excluding hydrogens is 542 g/mol. The summed E-state index contributed by atoms with van der Waals surface area (Å²) < 4.78 is 40.7. The Balaban J connectivity index is 1.23. The number of halogens is 2. The highest BCUT2D eigenvalue weighted by Crippen LogP contribution is 2.41. The van der Waals surface area contributed by atoms with Crippen molar-refractivity contribution < 1.29 is 17.9 Å². The third kappa shape index (κ3) is 3.98. The SMILES string of the molecule is N#Cc1c(N)oc2c(F)ccc(-c3cnc4c(N5CC6CCC(C5)N6)nc(OC[C@@]56CCCN5C[C@H](F)C6)nc4c3)c12. The molecule has 42 heavy (non-hydrogen) atoms. The summed E-state index contributed by atoms with van der Waals surface area (Å²) in [7, 11) is 0. The lowest BCUT2D eigenvalue weighted by Gasteiger charge is -2.34. The topological polar surface area (TPSA) is 129 Å². The van der Waals surface area contributed by atoms with Gasteiger partial charge in [0.05, 0.1) is 16.4 Å². The van der Waals surface area contributed by atoms with Crippen LogP contribution < -0.4 is 20.7 Å². The summed E-state index contributed by atoms with van der Waals surface area (Å²) in [5.74, 6) is -0.0406. The number of nitrogens with zero attached hydrogens (tertiary/aromatic N) is 6. The first kappa shape index (κ1) is 25.6. The van der Waals surface area contributed by atoms with Gasteiger partial charge in [0, 0.05) is 49.9 Å². The second-order valence-electron chi connectivity index (χ2n) is 12.1. The Kier molecular flexibility index (Phi) is 5.78. The van der Waals surface area contributed by atoms with Crippen LogP contribution in [0.3, 0.4) is 0 Å². The van der Waals surface area contributed by atoms with Gasteiger partial charge in [-0.05, 0) is 49.9 Å². The molecule has 4 saturated heterocycles. The van der Waals surface area contributed by atoms with E-state index in [1.54, 1.807) is 12.3 Å². The largest absolute Gasteiger partial charge is 0.461 e. The smallest absolute Gasteiger partial charge is 0.319 e. The zero-order valence-electron chi connectivity index (χ0n) is 22.9. The highest BCUT2D eigenvalue weighted by molar-refractivity contribution is 6.02. The summed E-state index contributed by atoms with van der Waals surface area (Å²) in [6.07, 6.45) is 5.41. The highest BCUT2D eigenvalue weighted by atomic mass is 19.1. The van der Waals surface area contributed by atoms with E-state index in [1.165, 1.54) is 6.07 Å². The number of ether oxygens (including phenoxy) is 1. The normalized spacial score (nSPS) is 27.2. The van der Waals surface area contributed by atoms with E-state index in [4.69, 9.17) is 29.8 Å². The minimum atomic E-state index is -0.854.